The standard InChI is InChI=1S/C20H25N3O3S/c1-4-12-23-18-11-10-16(26-3)13-17(18)19(21)20(23)14-6-8-15(9-7-14)22-27(24,25)5-2/h6-11,13,22H,4-5,12,21H2,1-3H3. The lowest BCUT2D eigenvalue weighted by atomic mass is 10.1. The van der Waals surface area contributed by atoms with Crippen molar-refractivity contribution in [2.45, 2.75) is 26.8 Å². The number of rotatable bonds is 7. The van der Waals surface area contributed by atoms with E-state index < -0.39 is 10.0 Å². The van der Waals surface area contributed by atoms with Crippen molar-refractivity contribution in [1.82, 2.24) is 4.57 Å². The molecule has 0 saturated heterocycles. The largest absolute Gasteiger partial charge is 0.497 e. The fourth-order valence-corrected chi connectivity index (χ4v) is 3.84. The van der Waals surface area contributed by atoms with E-state index in [0.717, 1.165) is 40.9 Å². The zero-order chi connectivity index (χ0) is 19.6. The Kier molecular flexibility index (Phi) is 5.32. The summed E-state index contributed by atoms with van der Waals surface area (Å²) in [6.07, 6.45) is 0.969. The predicted molar refractivity (Wildman–Crippen MR) is 112 cm³/mol. The Bertz CT molecular complexity index is 1050. The van der Waals surface area contributed by atoms with Gasteiger partial charge in [-0.05, 0) is 43.7 Å². The van der Waals surface area contributed by atoms with E-state index in [4.69, 9.17) is 10.5 Å². The Morgan fingerprint density at radius 3 is 2.41 bits per heavy atom. The van der Waals surface area contributed by atoms with Gasteiger partial charge in [0.15, 0.2) is 0 Å². The van der Waals surface area contributed by atoms with E-state index in [-0.39, 0.29) is 5.75 Å². The summed E-state index contributed by atoms with van der Waals surface area (Å²) in [5.74, 6) is 0.799. The second-order valence-corrected chi connectivity index (χ2v) is 8.39. The van der Waals surface area contributed by atoms with Crippen LogP contribution in [0.4, 0.5) is 11.4 Å². The second kappa shape index (κ2) is 7.52. The Hall–Kier alpha value is -2.67. The molecule has 0 aliphatic rings. The summed E-state index contributed by atoms with van der Waals surface area (Å²) in [6.45, 7) is 4.56. The summed E-state index contributed by atoms with van der Waals surface area (Å²) < 4.78 is 33.6. The normalized spacial score (nSPS) is 11.7. The highest BCUT2D eigenvalue weighted by Crippen LogP contribution is 2.38. The van der Waals surface area contributed by atoms with Gasteiger partial charge in [-0.2, -0.15) is 0 Å². The summed E-state index contributed by atoms with van der Waals surface area (Å²) >= 11 is 0. The Morgan fingerprint density at radius 2 is 1.81 bits per heavy atom. The lowest BCUT2D eigenvalue weighted by Crippen LogP contribution is -2.14. The number of benzene rings is 2. The number of ether oxygens (including phenoxy) is 1. The van der Waals surface area contributed by atoms with Crippen molar-refractivity contribution in [3.8, 4) is 17.0 Å². The van der Waals surface area contributed by atoms with Gasteiger partial charge in [0.1, 0.15) is 5.75 Å². The third-order valence-corrected chi connectivity index (χ3v) is 5.88. The van der Waals surface area contributed by atoms with Crippen molar-refractivity contribution in [1.29, 1.82) is 0 Å². The fraction of sp³-hybridized carbons (Fsp3) is 0.300. The molecule has 144 valence electrons. The number of methoxy groups -OCH3 is 1. The smallest absolute Gasteiger partial charge is 0.232 e. The number of fused-ring (bicyclic) bond motifs is 1. The van der Waals surface area contributed by atoms with Gasteiger partial charge in [0, 0.05) is 23.2 Å². The number of nitrogens with zero attached hydrogens (tertiary/aromatic N) is 1. The summed E-state index contributed by atoms with van der Waals surface area (Å²) in [7, 11) is -1.66. The number of nitrogen functional groups attached to an aromatic ring is 1. The molecular weight excluding hydrogens is 362 g/mol. The maximum atomic E-state index is 11.7. The van der Waals surface area contributed by atoms with Crippen LogP contribution >= 0.6 is 0 Å². The summed E-state index contributed by atoms with van der Waals surface area (Å²) in [4.78, 5) is 0. The topological polar surface area (TPSA) is 86.4 Å². The van der Waals surface area contributed by atoms with Crippen LogP contribution in [0.2, 0.25) is 0 Å². The monoisotopic (exact) mass is 387 g/mol. The van der Waals surface area contributed by atoms with Crippen molar-refractivity contribution in [2.24, 2.45) is 0 Å². The molecule has 0 bridgehead atoms. The third-order valence-electron chi connectivity index (χ3n) is 4.57. The van der Waals surface area contributed by atoms with Crippen LogP contribution in [0, 0.1) is 0 Å². The van der Waals surface area contributed by atoms with Crippen molar-refractivity contribution in [2.75, 3.05) is 23.3 Å². The molecule has 0 spiro atoms. The van der Waals surface area contributed by atoms with Crippen LogP contribution in [0.1, 0.15) is 20.3 Å². The van der Waals surface area contributed by atoms with Crippen LogP contribution in [-0.2, 0) is 16.6 Å². The Morgan fingerprint density at radius 1 is 1.11 bits per heavy atom. The molecule has 6 nitrogen and oxygen atoms in total. The summed E-state index contributed by atoms with van der Waals surface area (Å²) in [5, 5.41) is 0.952. The number of nitrogens with one attached hydrogen (secondary N) is 1. The van der Waals surface area contributed by atoms with Crippen molar-refractivity contribution in [3.05, 3.63) is 42.5 Å². The maximum Gasteiger partial charge on any atom is 0.232 e. The number of anilines is 2. The van der Waals surface area contributed by atoms with Crippen LogP contribution in [0.25, 0.3) is 22.2 Å². The molecule has 1 aromatic heterocycles. The Labute approximate surface area is 160 Å². The molecule has 27 heavy (non-hydrogen) atoms. The van der Waals surface area contributed by atoms with Gasteiger partial charge in [-0.25, -0.2) is 8.42 Å². The van der Waals surface area contributed by atoms with E-state index in [1.165, 1.54) is 0 Å². The minimum atomic E-state index is -3.30. The number of aromatic nitrogens is 1. The van der Waals surface area contributed by atoms with E-state index >= 15 is 0 Å². The lowest BCUT2D eigenvalue weighted by molar-refractivity contribution is 0.415. The highest BCUT2D eigenvalue weighted by Gasteiger charge is 2.17. The van der Waals surface area contributed by atoms with Crippen LogP contribution in [0.3, 0.4) is 0 Å². The van der Waals surface area contributed by atoms with Crippen LogP contribution in [0.5, 0.6) is 5.75 Å². The Balaban J connectivity index is 2.10. The molecule has 1 heterocycles. The van der Waals surface area contributed by atoms with Gasteiger partial charge in [-0.1, -0.05) is 19.1 Å². The number of hydrogen-bond acceptors (Lipinski definition) is 4. The van der Waals surface area contributed by atoms with Crippen molar-refractivity contribution < 1.29 is 13.2 Å². The molecule has 3 rings (SSSR count). The molecule has 0 amide bonds. The number of aryl methyl sites for hydroxylation is 1. The molecule has 3 aromatic rings. The second-order valence-electron chi connectivity index (χ2n) is 6.38. The molecule has 0 saturated carbocycles. The SMILES string of the molecule is CCCn1c(-c2ccc(NS(=O)(=O)CC)cc2)c(N)c2cc(OC)ccc21. The quantitative estimate of drug-likeness (QED) is 0.640. The van der Waals surface area contributed by atoms with E-state index in [0.29, 0.717) is 11.4 Å². The molecule has 7 heteroatoms. The fourth-order valence-electron chi connectivity index (χ4n) is 3.20. The van der Waals surface area contributed by atoms with E-state index in [2.05, 4.69) is 16.2 Å². The first-order valence-corrected chi connectivity index (χ1v) is 10.6. The maximum absolute atomic E-state index is 11.7. The first-order valence-electron chi connectivity index (χ1n) is 8.96. The van der Waals surface area contributed by atoms with E-state index in [9.17, 15) is 8.42 Å². The average molecular weight is 388 g/mol. The van der Waals surface area contributed by atoms with Crippen molar-refractivity contribution >= 4 is 32.3 Å². The minimum absolute atomic E-state index is 0.0360. The zero-order valence-corrected chi connectivity index (χ0v) is 16.6. The van der Waals surface area contributed by atoms with Crippen LogP contribution < -0.4 is 15.2 Å². The average Bonchev–Trinajstić information content (AvgIpc) is 2.94. The van der Waals surface area contributed by atoms with Gasteiger partial charge in [-0.15, -0.1) is 0 Å². The lowest BCUT2D eigenvalue weighted by Gasteiger charge is -2.12. The molecule has 0 atom stereocenters. The van der Waals surface area contributed by atoms with Crippen LogP contribution in [-0.4, -0.2) is 25.8 Å². The molecule has 0 unspecified atom stereocenters. The molecule has 0 radical (unpaired) electrons. The summed E-state index contributed by atoms with van der Waals surface area (Å²) in [6, 6.07) is 13.2. The zero-order valence-electron chi connectivity index (χ0n) is 15.8. The molecular formula is C20H25N3O3S. The van der Waals surface area contributed by atoms with Crippen LogP contribution in [0.15, 0.2) is 42.5 Å². The number of nitrogens with two attached hydrogens (primary N) is 1. The third kappa shape index (κ3) is 3.73. The first-order chi connectivity index (χ1) is 12.9. The van der Waals surface area contributed by atoms with Crippen molar-refractivity contribution in [3.63, 3.8) is 0 Å². The minimum Gasteiger partial charge on any atom is -0.497 e. The van der Waals surface area contributed by atoms with Gasteiger partial charge in [-0.3, -0.25) is 4.72 Å². The first kappa shape index (κ1) is 19.1. The molecule has 3 N–H and O–H groups in total. The van der Waals surface area contributed by atoms with E-state index in [1.54, 1.807) is 26.2 Å². The summed E-state index contributed by atoms with van der Waals surface area (Å²) in [5.41, 5.74) is 10.7. The van der Waals surface area contributed by atoms with Gasteiger partial charge in [0.25, 0.3) is 0 Å². The molecule has 2 aromatic carbocycles. The van der Waals surface area contributed by atoms with Gasteiger partial charge >= 0.3 is 0 Å². The predicted octanol–water partition coefficient (Wildman–Crippen LogP) is 4.07. The highest BCUT2D eigenvalue weighted by atomic mass is 32.2. The number of hydrogen-bond donors (Lipinski definition) is 2. The molecule has 0 aliphatic heterocycles. The van der Waals surface area contributed by atoms with Gasteiger partial charge < -0.3 is 15.0 Å². The molecule has 0 aliphatic carbocycles. The van der Waals surface area contributed by atoms with Gasteiger partial charge in [0.05, 0.1) is 29.8 Å². The van der Waals surface area contributed by atoms with Gasteiger partial charge in [0.2, 0.25) is 10.0 Å². The highest BCUT2D eigenvalue weighted by molar-refractivity contribution is 7.92. The number of sulfonamides is 1. The van der Waals surface area contributed by atoms with E-state index in [1.807, 2.05) is 30.3 Å². The molecule has 0 fully saturated rings.